The Morgan fingerprint density at radius 1 is 1.47 bits per heavy atom. The van der Waals surface area contributed by atoms with Gasteiger partial charge in [-0.15, -0.1) is 10.2 Å². The van der Waals surface area contributed by atoms with Crippen LogP contribution in [0.5, 0.6) is 0 Å². The molecular weight excluding hydrogens is 250 g/mol. The van der Waals surface area contributed by atoms with Crippen LogP contribution in [-0.2, 0) is 17.9 Å². The first-order valence-electron chi connectivity index (χ1n) is 6.24. The lowest BCUT2D eigenvalue weighted by Crippen LogP contribution is -2.47. The molecule has 1 aliphatic heterocycles. The molecule has 0 unspecified atom stereocenters. The van der Waals surface area contributed by atoms with Crippen molar-refractivity contribution in [3.05, 3.63) is 12.2 Å². The van der Waals surface area contributed by atoms with E-state index in [-0.39, 0.29) is 19.0 Å². The van der Waals surface area contributed by atoms with Crippen molar-refractivity contribution in [1.82, 2.24) is 24.6 Å². The Morgan fingerprint density at radius 3 is 2.95 bits per heavy atom. The van der Waals surface area contributed by atoms with Crippen LogP contribution in [0.1, 0.15) is 19.2 Å². The molecule has 0 spiro atoms. The molecule has 1 aliphatic rings. The summed E-state index contributed by atoms with van der Waals surface area (Å²) in [6, 6.07) is -0.141. The van der Waals surface area contributed by atoms with Crippen LogP contribution in [-0.4, -0.2) is 61.3 Å². The minimum atomic E-state index is -0.898. The third-order valence-electron chi connectivity index (χ3n) is 3.16. The molecule has 0 fully saturated rings. The second-order valence-corrected chi connectivity index (χ2v) is 4.37. The van der Waals surface area contributed by atoms with Crippen molar-refractivity contribution in [2.24, 2.45) is 0 Å². The molecule has 19 heavy (non-hydrogen) atoms. The number of carboxylic acids is 1. The molecule has 0 aliphatic carbocycles. The van der Waals surface area contributed by atoms with Gasteiger partial charge in [-0.1, -0.05) is 0 Å². The van der Waals surface area contributed by atoms with Crippen molar-refractivity contribution >= 4 is 12.0 Å². The van der Waals surface area contributed by atoms with Crippen molar-refractivity contribution < 1.29 is 14.7 Å². The maximum atomic E-state index is 12.3. The number of amides is 2. The van der Waals surface area contributed by atoms with Gasteiger partial charge in [-0.3, -0.25) is 4.79 Å². The van der Waals surface area contributed by atoms with Crippen LogP contribution >= 0.6 is 0 Å². The van der Waals surface area contributed by atoms with Gasteiger partial charge in [0.15, 0.2) is 5.82 Å². The number of aliphatic carboxylic acids is 1. The van der Waals surface area contributed by atoms with E-state index in [1.54, 1.807) is 16.1 Å². The molecule has 2 amide bonds. The van der Waals surface area contributed by atoms with Gasteiger partial charge in [-0.2, -0.15) is 0 Å². The number of carbonyl (C=O) groups is 2. The monoisotopic (exact) mass is 267 g/mol. The fraction of sp³-hybridized carbons (Fsp3) is 0.636. The average molecular weight is 267 g/mol. The second-order valence-electron chi connectivity index (χ2n) is 4.37. The van der Waals surface area contributed by atoms with E-state index in [1.165, 1.54) is 0 Å². The fourth-order valence-corrected chi connectivity index (χ4v) is 2.05. The van der Waals surface area contributed by atoms with Crippen molar-refractivity contribution in [3.8, 4) is 0 Å². The summed E-state index contributed by atoms with van der Waals surface area (Å²) < 4.78 is 1.91. The zero-order valence-electron chi connectivity index (χ0n) is 10.8. The Bertz CT molecular complexity index is 473. The number of rotatable bonds is 4. The number of nitrogens with zero attached hydrogens (tertiary/aromatic N) is 5. The highest BCUT2D eigenvalue weighted by Crippen LogP contribution is 2.11. The van der Waals surface area contributed by atoms with Crippen molar-refractivity contribution in [2.45, 2.75) is 26.4 Å². The maximum absolute atomic E-state index is 12.3. The Hall–Kier alpha value is -2.12. The van der Waals surface area contributed by atoms with Gasteiger partial charge in [0.05, 0.1) is 13.0 Å². The SMILES string of the molecule is CCN(CCC(=O)O)C(=O)N1CCn2cnnc2C1. The van der Waals surface area contributed by atoms with Crippen LogP contribution in [0.2, 0.25) is 0 Å². The van der Waals surface area contributed by atoms with Crippen LogP contribution in [0.4, 0.5) is 4.79 Å². The van der Waals surface area contributed by atoms with E-state index in [1.807, 2.05) is 11.5 Å². The first-order chi connectivity index (χ1) is 9.11. The van der Waals surface area contributed by atoms with E-state index >= 15 is 0 Å². The predicted octanol–water partition coefficient (Wildman–Crippen LogP) is 0.0103. The van der Waals surface area contributed by atoms with E-state index in [0.717, 1.165) is 5.82 Å². The highest BCUT2D eigenvalue weighted by atomic mass is 16.4. The topological polar surface area (TPSA) is 91.6 Å². The number of hydrogen-bond acceptors (Lipinski definition) is 4. The third-order valence-corrected chi connectivity index (χ3v) is 3.16. The van der Waals surface area contributed by atoms with Gasteiger partial charge in [0.25, 0.3) is 0 Å². The van der Waals surface area contributed by atoms with Gasteiger partial charge in [-0.05, 0) is 6.92 Å². The maximum Gasteiger partial charge on any atom is 0.320 e. The summed E-state index contributed by atoms with van der Waals surface area (Å²) >= 11 is 0. The van der Waals surface area contributed by atoms with Gasteiger partial charge < -0.3 is 19.5 Å². The van der Waals surface area contributed by atoms with Crippen LogP contribution in [0.25, 0.3) is 0 Å². The normalized spacial score (nSPS) is 14.1. The molecule has 1 aromatic rings. The first-order valence-corrected chi connectivity index (χ1v) is 6.24. The smallest absolute Gasteiger partial charge is 0.320 e. The lowest BCUT2D eigenvalue weighted by atomic mass is 10.3. The molecule has 0 radical (unpaired) electrons. The Kier molecular flexibility index (Phi) is 3.98. The average Bonchev–Trinajstić information content (AvgIpc) is 2.85. The van der Waals surface area contributed by atoms with Crippen molar-refractivity contribution in [3.63, 3.8) is 0 Å². The van der Waals surface area contributed by atoms with Gasteiger partial charge in [0, 0.05) is 26.2 Å². The largest absolute Gasteiger partial charge is 0.481 e. The van der Waals surface area contributed by atoms with Crippen molar-refractivity contribution in [2.75, 3.05) is 19.6 Å². The zero-order chi connectivity index (χ0) is 13.8. The summed E-state index contributed by atoms with van der Waals surface area (Å²) in [5.41, 5.74) is 0. The molecule has 8 nitrogen and oxygen atoms in total. The first kappa shape index (κ1) is 13.3. The van der Waals surface area contributed by atoms with E-state index < -0.39 is 5.97 Å². The summed E-state index contributed by atoms with van der Waals surface area (Å²) in [6.07, 6.45) is 1.61. The summed E-state index contributed by atoms with van der Waals surface area (Å²) in [5.74, 6) is -0.140. The van der Waals surface area contributed by atoms with E-state index in [9.17, 15) is 9.59 Å². The van der Waals surface area contributed by atoms with Gasteiger partial charge in [-0.25, -0.2) is 4.79 Å². The second kappa shape index (κ2) is 5.68. The highest BCUT2D eigenvalue weighted by molar-refractivity contribution is 5.75. The quantitative estimate of drug-likeness (QED) is 0.829. The number of fused-ring (bicyclic) bond motifs is 1. The molecule has 0 aromatic carbocycles. The molecule has 8 heteroatoms. The Labute approximate surface area is 110 Å². The lowest BCUT2D eigenvalue weighted by molar-refractivity contribution is -0.137. The number of urea groups is 1. The van der Waals surface area contributed by atoms with Crippen LogP contribution in [0.15, 0.2) is 6.33 Å². The molecule has 0 atom stereocenters. The highest BCUT2D eigenvalue weighted by Gasteiger charge is 2.25. The summed E-state index contributed by atoms with van der Waals surface area (Å²) in [6.45, 7) is 4.25. The molecule has 0 bridgehead atoms. The van der Waals surface area contributed by atoms with Crippen LogP contribution in [0.3, 0.4) is 0 Å². The number of aromatic nitrogens is 3. The predicted molar refractivity (Wildman–Crippen MR) is 65.3 cm³/mol. The molecular formula is C11H17N5O3. The molecule has 1 aromatic heterocycles. The van der Waals surface area contributed by atoms with Crippen LogP contribution < -0.4 is 0 Å². The standard InChI is InChI=1S/C11H17N5O3/c1-2-14(4-3-10(17)18)11(19)15-5-6-16-8-12-13-9(16)7-15/h8H,2-7H2,1H3,(H,17,18). The van der Waals surface area contributed by atoms with Gasteiger partial charge >= 0.3 is 12.0 Å². The van der Waals surface area contributed by atoms with Crippen molar-refractivity contribution in [1.29, 1.82) is 0 Å². The summed E-state index contributed by atoms with van der Waals surface area (Å²) in [4.78, 5) is 26.1. The Balaban J connectivity index is 1.97. The molecule has 0 saturated carbocycles. The minimum absolute atomic E-state index is 0.0381. The lowest BCUT2D eigenvalue weighted by Gasteiger charge is -2.32. The molecule has 1 N–H and O–H groups in total. The van der Waals surface area contributed by atoms with Gasteiger partial charge in [0.1, 0.15) is 6.33 Å². The molecule has 104 valence electrons. The molecule has 2 heterocycles. The number of carboxylic acid groups (broad SMARTS) is 1. The fourth-order valence-electron chi connectivity index (χ4n) is 2.05. The summed E-state index contributed by atoms with van der Waals surface area (Å²) in [7, 11) is 0. The Morgan fingerprint density at radius 2 is 2.26 bits per heavy atom. The zero-order valence-corrected chi connectivity index (χ0v) is 10.8. The van der Waals surface area contributed by atoms with E-state index in [2.05, 4.69) is 10.2 Å². The van der Waals surface area contributed by atoms with Crippen LogP contribution in [0, 0.1) is 0 Å². The molecule has 2 rings (SSSR count). The number of carbonyl (C=O) groups excluding carboxylic acids is 1. The number of hydrogen-bond donors (Lipinski definition) is 1. The summed E-state index contributed by atoms with van der Waals surface area (Å²) in [5, 5.41) is 16.4. The third kappa shape index (κ3) is 3.01. The molecule has 0 saturated heterocycles. The van der Waals surface area contributed by atoms with E-state index in [0.29, 0.717) is 26.2 Å². The minimum Gasteiger partial charge on any atom is -0.481 e. The van der Waals surface area contributed by atoms with E-state index in [4.69, 9.17) is 5.11 Å². The van der Waals surface area contributed by atoms with Gasteiger partial charge in [0.2, 0.25) is 0 Å².